The van der Waals surface area contributed by atoms with Gasteiger partial charge in [0, 0.05) is 36.2 Å². The number of carbonyl (C=O) groups excluding carboxylic acids is 2. The molecular formula is C28H32N4O5S. The maximum Gasteiger partial charge on any atom is 0.255 e. The molecule has 3 aromatic rings. The van der Waals surface area contributed by atoms with E-state index < -0.39 is 5.91 Å². The number of rotatable bonds is 10. The molecule has 1 aromatic heterocycles. The Bertz CT molecular complexity index is 1270. The lowest BCUT2D eigenvalue weighted by Gasteiger charge is -2.07. The first-order valence-electron chi connectivity index (χ1n) is 11.8. The number of aromatic nitrogens is 1. The second-order valence-electron chi connectivity index (χ2n) is 7.80. The number of nitrogens with two attached hydrogens (primary N) is 2. The van der Waals surface area contributed by atoms with Gasteiger partial charge in [0.25, 0.3) is 5.91 Å². The summed E-state index contributed by atoms with van der Waals surface area (Å²) in [6.45, 7) is 0.568. The Morgan fingerprint density at radius 1 is 1.00 bits per heavy atom. The molecule has 0 bridgehead atoms. The van der Waals surface area contributed by atoms with Crippen molar-refractivity contribution in [1.29, 1.82) is 0 Å². The Balaban J connectivity index is 0.000000484. The predicted molar refractivity (Wildman–Crippen MR) is 151 cm³/mol. The topological polar surface area (TPSA) is 161 Å². The number of aliphatic hydroxyl groups is 2. The number of aliphatic hydroxyl groups excluding tert-OH is 2. The summed E-state index contributed by atoms with van der Waals surface area (Å²) < 4.78 is 5.14. The van der Waals surface area contributed by atoms with Crippen molar-refractivity contribution >= 4 is 35.1 Å². The highest BCUT2D eigenvalue weighted by molar-refractivity contribution is 7.99. The molecule has 9 nitrogen and oxygen atoms in total. The normalized spacial score (nSPS) is 9.87. The molecule has 3 rings (SSSR count). The van der Waals surface area contributed by atoms with E-state index in [9.17, 15) is 9.59 Å². The molecule has 0 spiro atoms. The van der Waals surface area contributed by atoms with E-state index in [-0.39, 0.29) is 30.5 Å². The number of carbonyl (C=O) groups is 2. The van der Waals surface area contributed by atoms with Gasteiger partial charge in [-0.05, 0) is 66.8 Å². The van der Waals surface area contributed by atoms with Gasteiger partial charge in [-0.2, -0.15) is 11.8 Å². The maximum absolute atomic E-state index is 12.4. The molecule has 0 saturated carbocycles. The van der Waals surface area contributed by atoms with Crippen LogP contribution < -0.4 is 21.5 Å². The fourth-order valence-electron chi connectivity index (χ4n) is 2.93. The van der Waals surface area contributed by atoms with Gasteiger partial charge in [0.2, 0.25) is 5.91 Å². The van der Waals surface area contributed by atoms with Crippen LogP contribution in [0, 0.1) is 11.8 Å². The van der Waals surface area contributed by atoms with Crippen LogP contribution in [0.2, 0.25) is 0 Å². The van der Waals surface area contributed by atoms with Crippen LogP contribution in [-0.4, -0.2) is 58.8 Å². The van der Waals surface area contributed by atoms with Gasteiger partial charge < -0.3 is 31.7 Å². The van der Waals surface area contributed by atoms with E-state index in [2.05, 4.69) is 22.1 Å². The minimum Gasteiger partial charge on any atom is -0.497 e. The van der Waals surface area contributed by atoms with Gasteiger partial charge in [0.15, 0.2) is 0 Å². The monoisotopic (exact) mass is 536 g/mol. The Labute approximate surface area is 226 Å². The van der Waals surface area contributed by atoms with Crippen LogP contribution in [0.5, 0.6) is 5.75 Å². The minimum absolute atomic E-state index is 0.199. The summed E-state index contributed by atoms with van der Waals surface area (Å²) in [4.78, 5) is 27.7. The van der Waals surface area contributed by atoms with Crippen LogP contribution >= 0.6 is 11.8 Å². The third kappa shape index (κ3) is 10.5. The molecule has 200 valence electrons. The number of thioether (sulfide) groups is 1. The van der Waals surface area contributed by atoms with E-state index in [0.29, 0.717) is 28.1 Å². The Morgan fingerprint density at radius 3 is 2.37 bits per heavy atom. The lowest BCUT2D eigenvalue weighted by atomic mass is 10.1. The first-order valence-corrected chi connectivity index (χ1v) is 13.0. The number of ether oxygens (including phenoxy) is 1. The van der Waals surface area contributed by atoms with Crippen LogP contribution in [0.25, 0.3) is 0 Å². The first-order chi connectivity index (χ1) is 18.4. The third-order valence-corrected chi connectivity index (χ3v) is 6.05. The first kappa shape index (κ1) is 30.2. The van der Waals surface area contributed by atoms with Gasteiger partial charge in [0.05, 0.1) is 18.2 Å². The molecule has 2 amide bonds. The van der Waals surface area contributed by atoms with Crippen molar-refractivity contribution in [2.24, 2.45) is 5.73 Å². The summed E-state index contributed by atoms with van der Waals surface area (Å²) in [5, 5.41) is 19.5. The predicted octanol–water partition coefficient (Wildman–Crippen LogP) is 2.91. The van der Waals surface area contributed by atoms with Gasteiger partial charge in [-0.25, -0.2) is 4.98 Å². The number of hydrogen-bond donors (Lipinski definition) is 5. The highest BCUT2D eigenvalue weighted by Gasteiger charge is 2.08. The molecule has 0 atom stereocenters. The van der Waals surface area contributed by atoms with E-state index in [1.54, 1.807) is 67.4 Å². The Kier molecular flexibility index (Phi) is 13.2. The number of primary amides is 1. The van der Waals surface area contributed by atoms with Crippen molar-refractivity contribution in [2.45, 2.75) is 12.8 Å². The standard InChI is InChI=1S/C22H18N4O3.C6H14O2S/c1-29-19-7-3-5-16(12-19)22(28)26-18-6-2-4-14(10-18)8-9-15-11-17(21(24)27)13-25-20(15)23;7-3-1-5-9-6-2-4-8/h2-7,10-13H,1H3,(H2,23,25)(H2,24,27)(H,26,28);7-8H,1-6H2. The molecule has 0 saturated heterocycles. The van der Waals surface area contributed by atoms with E-state index >= 15 is 0 Å². The molecule has 7 N–H and O–H groups in total. The van der Waals surface area contributed by atoms with E-state index in [4.69, 9.17) is 26.4 Å². The summed E-state index contributed by atoms with van der Waals surface area (Å²) in [5.41, 5.74) is 13.4. The van der Waals surface area contributed by atoms with Crippen molar-refractivity contribution in [2.75, 3.05) is 42.9 Å². The number of nitrogen functional groups attached to an aromatic ring is 1. The van der Waals surface area contributed by atoms with Gasteiger partial charge in [-0.15, -0.1) is 0 Å². The third-order valence-electron chi connectivity index (χ3n) is 4.89. The van der Waals surface area contributed by atoms with Crippen LogP contribution in [0.15, 0.2) is 60.8 Å². The lowest BCUT2D eigenvalue weighted by Crippen LogP contribution is -2.12. The van der Waals surface area contributed by atoms with Crippen LogP contribution in [0.1, 0.15) is 44.7 Å². The number of hydrogen-bond acceptors (Lipinski definition) is 8. The van der Waals surface area contributed by atoms with Crippen molar-refractivity contribution < 1.29 is 24.5 Å². The minimum atomic E-state index is -0.609. The quantitative estimate of drug-likeness (QED) is 0.195. The summed E-state index contributed by atoms with van der Waals surface area (Å²) >= 11 is 1.78. The molecule has 0 fully saturated rings. The van der Waals surface area contributed by atoms with Crippen molar-refractivity contribution in [3.8, 4) is 17.6 Å². The maximum atomic E-state index is 12.4. The fraction of sp³-hybridized carbons (Fsp3) is 0.250. The molecule has 2 aromatic carbocycles. The highest BCUT2D eigenvalue weighted by Crippen LogP contribution is 2.16. The van der Waals surface area contributed by atoms with E-state index in [0.717, 1.165) is 24.3 Å². The SMILES string of the molecule is COc1cccc(C(=O)Nc2cccc(C#Cc3cc(C(N)=O)cnc3N)c2)c1.OCCCSCCCO. The van der Waals surface area contributed by atoms with E-state index in [1.807, 2.05) is 0 Å². The smallest absolute Gasteiger partial charge is 0.255 e. The van der Waals surface area contributed by atoms with Gasteiger partial charge >= 0.3 is 0 Å². The highest BCUT2D eigenvalue weighted by atomic mass is 32.2. The van der Waals surface area contributed by atoms with Crippen LogP contribution in [-0.2, 0) is 0 Å². The van der Waals surface area contributed by atoms with Crippen LogP contribution in [0.3, 0.4) is 0 Å². The number of pyridine rings is 1. The molecular weight excluding hydrogens is 504 g/mol. The zero-order chi connectivity index (χ0) is 27.8. The molecule has 0 aliphatic heterocycles. The Hall–Kier alpha value is -4.04. The summed E-state index contributed by atoms with van der Waals surface area (Å²) in [7, 11) is 1.54. The zero-order valence-corrected chi connectivity index (χ0v) is 22.0. The number of nitrogens with zero attached hydrogens (tertiary/aromatic N) is 1. The molecule has 0 aliphatic carbocycles. The summed E-state index contributed by atoms with van der Waals surface area (Å²) in [6, 6.07) is 15.4. The van der Waals surface area contributed by atoms with Gasteiger partial charge in [0.1, 0.15) is 11.6 Å². The number of benzene rings is 2. The molecule has 0 aliphatic rings. The van der Waals surface area contributed by atoms with Crippen molar-refractivity contribution in [3.05, 3.63) is 83.0 Å². The van der Waals surface area contributed by atoms with E-state index in [1.165, 1.54) is 12.3 Å². The number of nitrogens with one attached hydrogen (secondary N) is 1. The number of methoxy groups -OCH3 is 1. The average Bonchev–Trinajstić information content (AvgIpc) is 2.93. The number of amides is 2. The van der Waals surface area contributed by atoms with Gasteiger partial charge in [-0.3, -0.25) is 9.59 Å². The zero-order valence-electron chi connectivity index (χ0n) is 21.1. The summed E-state index contributed by atoms with van der Waals surface area (Å²) in [6.07, 6.45) is 3.05. The average molecular weight is 537 g/mol. The summed E-state index contributed by atoms with van der Waals surface area (Å²) in [5.74, 6) is 7.77. The largest absolute Gasteiger partial charge is 0.497 e. The van der Waals surface area contributed by atoms with Gasteiger partial charge in [-0.1, -0.05) is 24.0 Å². The van der Waals surface area contributed by atoms with Crippen molar-refractivity contribution in [1.82, 2.24) is 4.98 Å². The molecule has 10 heteroatoms. The second kappa shape index (κ2) is 16.7. The molecule has 1 heterocycles. The molecule has 38 heavy (non-hydrogen) atoms. The van der Waals surface area contributed by atoms with Crippen LogP contribution in [0.4, 0.5) is 11.5 Å². The number of anilines is 2. The second-order valence-corrected chi connectivity index (χ2v) is 9.03. The molecule has 0 radical (unpaired) electrons. The molecule has 0 unspecified atom stereocenters. The Morgan fingerprint density at radius 2 is 1.71 bits per heavy atom. The lowest BCUT2D eigenvalue weighted by molar-refractivity contribution is 0.0997. The van der Waals surface area contributed by atoms with Crippen molar-refractivity contribution in [3.63, 3.8) is 0 Å². The fourth-order valence-corrected chi connectivity index (χ4v) is 3.80.